The van der Waals surface area contributed by atoms with Gasteiger partial charge in [-0.15, -0.1) is 0 Å². The summed E-state index contributed by atoms with van der Waals surface area (Å²) in [5.74, 6) is 0. The van der Waals surface area contributed by atoms with Gasteiger partial charge in [0, 0.05) is 29.7 Å². The van der Waals surface area contributed by atoms with E-state index in [2.05, 4.69) is 4.98 Å². The number of aliphatic hydroxyl groups is 1. The van der Waals surface area contributed by atoms with Gasteiger partial charge in [0.2, 0.25) is 10.0 Å². The van der Waals surface area contributed by atoms with E-state index in [9.17, 15) is 13.5 Å². The Labute approximate surface area is 153 Å². The summed E-state index contributed by atoms with van der Waals surface area (Å²) in [5.41, 5.74) is 2.21. The van der Waals surface area contributed by atoms with E-state index in [0.717, 1.165) is 23.8 Å². The number of nitrogens with zero attached hydrogens (tertiary/aromatic N) is 2. The number of hydrogen-bond donors (Lipinski definition) is 1. The molecule has 4 rings (SSSR count). The maximum absolute atomic E-state index is 13.5. The lowest BCUT2D eigenvalue weighted by molar-refractivity contribution is 0.226. The summed E-state index contributed by atoms with van der Waals surface area (Å²) in [7, 11) is -3.77. The summed E-state index contributed by atoms with van der Waals surface area (Å²) in [6.07, 6.45) is 4.83. The van der Waals surface area contributed by atoms with Crippen LogP contribution >= 0.6 is 0 Å². The average Bonchev–Trinajstić information content (AvgIpc) is 3.09. The maximum Gasteiger partial charge on any atom is 0.244 e. The molecular formula is C20H20N2O3S. The number of fused-ring (bicyclic) bond motifs is 2. The van der Waals surface area contributed by atoms with Gasteiger partial charge < -0.3 is 5.11 Å². The Kier molecular flexibility index (Phi) is 4.48. The molecule has 0 radical (unpaired) electrons. The van der Waals surface area contributed by atoms with Crippen molar-refractivity contribution >= 4 is 20.8 Å². The van der Waals surface area contributed by atoms with Crippen molar-refractivity contribution in [2.45, 2.75) is 23.8 Å². The van der Waals surface area contributed by atoms with E-state index in [-0.39, 0.29) is 24.1 Å². The predicted octanol–water partition coefficient (Wildman–Crippen LogP) is 2.91. The second kappa shape index (κ2) is 6.79. The highest BCUT2D eigenvalue weighted by Crippen LogP contribution is 2.39. The zero-order valence-corrected chi connectivity index (χ0v) is 15.1. The van der Waals surface area contributed by atoms with Crippen LogP contribution in [0.5, 0.6) is 0 Å². The summed E-state index contributed by atoms with van der Waals surface area (Å²) in [4.78, 5) is 4.34. The van der Waals surface area contributed by atoms with E-state index < -0.39 is 10.0 Å². The lowest BCUT2D eigenvalue weighted by atomic mass is 10.1. The van der Waals surface area contributed by atoms with Crippen LogP contribution < -0.4 is 0 Å². The average molecular weight is 368 g/mol. The number of rotatable bonds is 5. The van der Waals surface area contributed by atoms with E-state index in [4.69, 9.17) is 0 Å². The van der Waals surface area contributed by atoms with Gasteiger partial charge in [0.1, 0.15) is 0 Å². The maximum atomic E-state index is 13.5. The number of hydrogen-bond acceptors (Lipinski definition) is 4. The van der Waals surface area contributed by atoms with Crippen LogP contribution in [0.25, 0.3) is 10.8 Å². The molecule has 134 valence electrons. The molecular weight excluding hydrogens is 348 g/mol. The van der Waals surface area contributed by atoms with Crippen molar-refractivity contribution in [2.75, 3.05) is 13.2 Å². The molecule has 0 saturated carbocycles. The molecule has 0 bridgehead atoms. The lowest BCUT2D eigenvalue weighted by Crippen LogP contribution is -2.36. The molecule has 0 fully saturated rings. The molecule has 0 saturated heterocycles. The van der Waals surface area contributed by atoms with E-state index in [0.29, 0.717) is 5.39 Å². The first-order valence-electron chi connectivity index (χ1n) is 8.66. The smallest absolute Gasteiger partial charge is 0.244 e. The third-order valence-corrected chi connectivity index (χ3v) is 6.96. The quantitative estimate of drug-likeness (QED) is 0.752. The molecule has 1 aromatic heterocycles. The summed E-state index contributed by atoms with van der Waals surface area (Å²) >= 11 is 0. The molecule has 0 amide bonds. The monoisotopic (exact) mass is 368 g/mol. The van der Waals surface area contributed by atoms with Gasteiger partial charge in [0.05, 0.1) is 17.5 Å². The first kappa shape index (κ1) is 17.1. The summed E-state index contributed by atoms with van der Waals surface area (Å²) in [5, 5.41) is 11.0. The van der Waals surface area contributed by atoms with E-state index in [1.807, 2.05) is 30.3 Å². The number of aryl methyl sites for hydroxylation is 1. The van der Waals surface area contributed by atoms with Crippen molar-refractivity contribution in [3.05, 3.63) is 72.1 Å². The standard InChI is InChI=1S/C20H20N2O3S/c23-13-12-22(19-9-8-15-4-1-2-6-17(15)19)26(24,25)20-7-3-5-16-14-21-11-10-18(16)20/h1-7,10-11,14,19,23H,8-9,12-13H2/t19-/m1/s1. The van der Waals surface area contributed by atoms with Crippen LogP contribution in [0.1, 0.15) is 23.6 Å². The molecule has 1 heterocycles. The Morgan fingerprint density at radius 2 is 1.96 bits per heavy atom. The molecule has 26 heavy (non-hydrogen) atoms. The molecule has 6 heteroatoms. The van der Waals surface area contributed by atoms with Crippen LogP contribution in [0.2, 0.25) is 0 Å². The van der Waals surface area contributed by atoms with Gasteiger partial charge in [-0.05, 0) is 36.1 Å². The van der Waals surface area contributed by atoms with Crippen molar-refractivity contribution in [3.63, 3.8) is 0 Å². The fraction of sp³-hybridized carbons (Fsp3) is 0.250. The van der Waals surface area contributed by atoms with Crippen LogP contribution in [0.15, 0.2) is 65.8 Å². The third-order valence-electron chi connectivity index (χ3n) is 5.00. The van der Waals surface area contributed by atoms with Crippen LogP contribution in [0, 0.1) is 0 Å². The molecule has 5 nitrogen and oxygen atoms in total. The van der Waals surface area contributed by atoms with Gasteiger partial charge in [-0.1, -0.05) is 36.4 Å². The van der Waals surface area contributed by atoms with Gasteiger partial charge in [-0.2, -0.15) is 4.31 Å². The van der Waals surface area contributed by atoms with Gasteiger partial charge in [0.15, 0.2) is 0 Å². The normalized spacial score (nSPS) is 16.9. The molecule has 1 aliphatic carbocycles. The molecule has 3 aromatic rings. The first-order chi connectivity index (χ1) is 12.6. The second-order valence-electron chi connectivity index (χ2n) is 6.45. The number of pyridine rings is 1. The largest absolute Gasteiger partial charge is 0.395 e. The molecule has 1 N–H and O–H groups in total. The zero-order chi connectivity index (χ0) is 18.1. The van der Waals surface area contributed by atoms with Crippen molar-refractivity contribution in [3.8, 4) is 0 Å². The lowest BCUT2D eigenvalue weighted by Gasteiger charge is -2.28. The summed E-state index contributed by atoms with van der Waals surface area (Å²) < 4.78 is 28.5. The van der Waals surface area contributed by atoms with Crippen LogP contribution in [-0.4, -0.2) is 36.0 Å². The molecule has 1 atom stereocenters. The Balaban J connectivity index is 1.84. The van der Waals surface area contributed by atoms with Gasteiger partial charge in [-0.3, -0.25) is 4.98 Å². The molecule has 1 aliphatic rings. The van der Waals surface area contributed by atoms with Gasteiger partial charge in [0.25, 0.3) is 0 Å². The minimum absolute atomic E-state index is 0.0722. The highest BCUT2D eigenvalue weighted by molar-refractivity contribution is 7.89. The number of sulfonamides is 1. The number of aliphatic hydroxyl groups excluding tert-OH is 1. The SMILES string of the molecule is O=S(=O)(c1cccc2cnccc12)N(CCO)[C@@H]1CCc2ccccc21. The van der Waals surface area contributed by atoms with E-state index >= 15 is 0 Å². The number of aromatic nitrogens is 1. The Hall–Kier alpha value is -2.28. The summed E-state index contributed by atoms with van der Waals surface area (Å²) in [6, 6.07) is 14.6. The Morgan fingerprint density at radius 1 is 1.12 bits per heavy atom. The van der Waals surface area contributed by atoms with E-state index in [1.54, 1.807) is 30.6 Å². The van der Waals surface area contributed by atoms with Crippen molar-refractivity contribution < 1.29 is 13.5 Å². The third kappa shape index (κ3) is 2.80. The predicted molar refractivity (Wildman–Crippen MR) is 100 cm³/mol. The second-order valence-corrected chi connectivity index (χ2v) is 8.30. The number of benzene rings is 2. The van der Waals surface area contributed by atoms with Gasteiger partial charge >= 0.3 is 0 Å². The highest BCUT2D eigenvalue weighted by Gasteiger charge is 2.36. The van der Waals surface area contributed by atoms with Crippen LogP contribution in [-0.2, 0) is 16.4 Å². The van der Waals surface area contributed by atoms with Gasteiger partial charge in [-0.25, -0.2) is 8.42 Å². The minimum atomic E-state index is -3.77. The Bertz CT molecular complexity index is 1040. The fourth-order valence-corrected chi connectivity index (χ4v) is 5.66. The molecule has 2 aromatic carbocycles. The topological polar surface area (TPSA) is 70.5 Å². The molecule has 0 unspecified atom stereocenters. The highest BCUT2D eigenvalue weighted by atomic mass is 32.2. The van der Waals surface area contributed by atoms with Crippen molar-refractivity contribution in [2.24, 2.45) is 0 Å². The Morgan fingerprint density at radius 3 is 2.81 bits per heavy atom. The first-order valence-corrected chi connectivity index (χ1v) is 10.1. The van der Waals surface area contributed by atoms with Crippen LogP contribution in [0.3, 0.4) is 0 Å². The molecule has 0 spiro atoms. The fourth-order valence-electron chi connectivity index (χ4n) is 3.82. The van der Waals surface area contributed by atoms with E-state index in [1.165, 1.54) is 9.87 Å². The van der Waals surface area contributed by atoms with Crippen molar-refractivity contribution in [1.82, 2.24) is 9.29 Å². The van der Waals surface area contributed by atoms with Crippen molar-refractivity contribution in [1.29, 1.82) is 0 Å². The summed E-state index contributed by atoms with van der Waals surface area (Å²) in [6.45, 7) is -0.146. The van der Waals surface area contributed by atoms with Crippen LogP contribution in [0.4, 0.5) is 0 Å². The zero-order valence-electron chi connectivity index (χ0n) is 14.2. The minimum Gasteiger partial charge on any atom is -0.395 e. The molecule has 0 aliphatic heterocycles.